The van der Waals surface area contributed by atoms with E-state index in [2.05, 4.69) is 10.0 Å². The van der Waals surface area contributed by atoms with Gasteiger partial charge in [0.25, 0.3) is 10.0 Å². The number of thioether (sulfide) groups is 1. The third kappa shape index (κ3) is 6.67. The molecule has 1 unspecified atom stereocenters. The summed E-state index contributed by atoms with van der Waals surface area (Å²) in [5, 5.41) is 2.39. The number of benzene rings is 4. The molecule has 0 saturated carbocycles. The van der Waals surface area contributed by atoms with E-state index in [1.807, 2.05) is 37.3 Å². The molecule has 1 amide bonds. The first-order valence-corrected chi connectivity index (χ1v) is 14.1. The Balaban J connectivity index is 1.53. The highest BCUT2D eigenvalue weighted by Crippen LogP contribution is 2.38. The van der Waals surface area contributed by atoms with Crippen LogP contribution >= 0.6 is 11.8 Å². The summed E-state index contributed by atoms with van der Waals surface area (Å²) < 4.78 is 38.7. The lowest BCUT2D eigenvalue weighted by Gasteiger charge is -2.19. The van der Waals surface area contributed by atoms with Gasteiger partial charge in [-0.25, -0.2) is 8.42 Å². The average Bonchev–Trinajstić information content (AvgIpc) is 2.93. The molecule has 0 aromatic heterocycles. The fraction of sp³-hybridized carbons (Fsp3) is 0.138. The van der Waals surface area contributed by atoms with Crippen LogP contribution in [0.25, 0.3) is 0 Å². The Morgan fingerprint density at radius 2 is 1.53 bits per heavy atom. The van der Waals surface area contributed by atoms with E-state index >= 15 is 0 Å². The van der Waals surface area contributed by atoms with Gasteiger partial charge in [-0.15, -0.1) is 11.8 Å². The number of amides is 1. The van der Waals surface area contributed by atoms with Crippen LogP contribution in [-0.2, 0) is 14.8 Å². The topological polar surface area (TPSA) is 93.7 Å². The molecule has 0 saturated heterocycles. The van der Waals surface area contributed by atoms with Crippen LogP contribution in [0.3, 0.4) is 0 Å². The summed E-state index contributed by atoms with van der Waals surface area (Å²) in [6.45, 7) is 1.90. The third-order valence-corrected chi connectivity index (χ3v) is 8.36. The predicted octanol–water partition coefficient (Wildman–Crippen LogP) is 6.29. The van der Waals surface area contributed by atoms with Crippen molar-refractivity contribution in [3.8, 4) is 11.5 Å². The minimum atomic E-state index is -3.71. The van der Waals surface area contributed by atoms with E-state index in [1.54, 1.807) is 73.8 Å². The normalized spacial score (nSPS) is 11.9. The Morgan fingerprint density at radius 1 is 0.842 bits per heavy atom. The molecule has 7 nitrogen and oxygen atoms in total. The van der Waals surface area contributed by atoms with Crippen molar-refractivity contribution in [2.24, 2.45) is 0 Å². The SMILES string of the molecule is COc1ccc(NC(=O)C(Sc2ccc(NS(=O)(=O)c3ccc(C)cc3)cc2)c2ccccc2)c(OC)c1. The van der Waals surface area contributed by atoms with E-state index in [0.29, 0.717) is 22.9 Å². The number of anilines is 2. The number of methoxy groups -OCH3 is 2. The average molecular weight is 549 g/mol. The van der Waals surface area contributed by atoms with Crippen LogP contribution in [-0.4, -0.2) is 28.5 Å². The molecule has 0 heterocycles. The zero-order valence-corrected chi connectivity index (χ0v) is 22.8. The van der Waals surface area contributed by atoms with Gasteiger partial charge in [-0.3, -0.25) is 9.52 Å². The Morgan fingerprint density at radius 3 is 2.16 bits per heavy atom. The van der Waals surface area contributed by atoms with E-state index in [0.717, 1.165) is 16.0 Å². The molecule has 4 rings (SSSR count). The monoisotopic (exact) mass is 548 g/mol. The third-order valence-electron chi connectivity index (χ3n) is 5.70. The lowest BCUT2D eigenvalue weighted by Crippen LogP contribution is -2.19. The van der Waals surface area contributed by atoms with Crippen LogP contribution < -0.4 is 19.5 Å². The van der Waals surface area contributed by atoms with Gasteiger partial charge in [0.2, 0.25) is 5.91 Å². The summed E-state index contributed by atoms with van der Waals surface area (Å²) in [5.74, 6) is 0.875. The highest BCUT2D eigenvalue weighted by atomic mass is 32.2. The van der Waals surface area contributed by atoms with Crippen molar-refractivity contribution >= 4 is 39.1 Å². The second kappa shape index (κ2) is 12.1. The standard InChI is InChI=1S/C29H28N2O5S2/c1-20-9-16-25(17-10-20)38(33,34)31-22-11-14-24(15-12-22)37-28(21-7-5-4-6-8-21)29(32)30-26-18-13-23(35-2)19-27(26)36-3/h4-19,28,31H,1-3H3,(H,30,32). The number of carbonyl (C=O) groups excluding carboxylic acids is 1. The quantitative estimate of drug-likeness (QED) is 0.226. The first-order chi connectivity index (χ1) is 18.3. The lowest BCUT2D eigenvalue weighted by atomic mass is 10.1. The van der Waals surface area contributed by atoms with Gasteiger partial charge in [0, 0.05) is 16.6 Å². The predicted molar refractivity (Wildman–Crippen MR) is 152 cm³/mol. The van der Waals surface area contributed by atoms with Crippen molar-refractivity contribution < 1.29 is 22.7 Å². The van der Waals surface area contributed by atoms with Crippen molar-refractivity contribution in [2.75, 3.05) is 24.3 Å². The van der Waals surface area contributed by atoms with E-state index in [-0.39, 0.29) is 10.8 Å². The maximum atomic E-state index is 13.5. The number of hydrogen-bond acceptors (Lipinski definition) is 6. The van der Waals surface area contributed by atoms with E-state index < -0.39 is 15.3 Å². The highest BCUT2D eigenvalue weighted by molar-refractivity contribution is 8.00. The van der Waals surface area contributed by atoms with Crippen LogP contribution in [0.2, 0.25) is 0 Å². The molecule has 0 aliphatic heterocycles. The molecular formula is C29H28N2O5S2. The summed E-state index contributed by atoms with van der Waals surface area (Å²) in [7, 11) is -0.617. The molecule has 0 fully saturated rings. The van der Waals surface area contributed by atoms with Gasteiger partial charge in [-0.2, -0.15) is 0 Å². The second-order valence-corrected chi connectivity index (χ2v) is 11.3. The number of sulfonamides is 1. The van der Waals surface area contributed by atoms with Gasteiger partial charge in [-0.05, 0) is 61.0 Å². The molecular weight excluding hydrogens is 520 g/mol. The van der Waals surface area contributed by atoms with Gasteiger partial charge in [0.05, 0.1) is 24.8 Å². The van der Waals surface area contributed by atoms with Gasteiger partial charge >= 0.3 is 0 Å². The van der Waals surface area contributed by atoms with E-state index in [4.69, 9.17) is 9.47 Å². The largest absolute Gasteiger partial charge is 0.497 e. The molecule has 0 spiro atoms. The summed E-state index contributed by atoms with van der Waals surface area (Å²) in [5.41, 5.74) is 2.76. The number of rotatable bonds is 10. The zero-order valence-electron chi connectivity index (χ0n) is 21.2. The van der Waals surface area contributed by atoms with Crippen LogP contribution in [0.4, 0.5) is 11.4 Å². The van der Waals surface area contributed by atoms with Gasteiger partial charge < -0.3 is 14.8 Å². The first kappa shape index (κ1) is 27.1. The Labute approximate surface area is 227 Å². The van der Waals surface area contributed by atoms with Crippen molar-refractivity contribution in [3.63, 3.8) is 0 Å². The second-order valence-electron chi connectivity index (χ2n) is 8.41. The number of aryl methyl sites for hydroxylation is 1. The molecule has 4 aromatic rings. The van der Waals surface area contributed by atoms with Crippen LogP contribution in [0.15, 0.2) is 107 Å². The molecule has 38 heavy (non-hydrogen) atoms. The molecule has 1 atom stereocenters. The minimum absolute atomic E-state index is 0.191. The van der Waals surface area contributed by atoms with Crippen molar-refractivity contribution in [1.82, 2.24) is 0 Å². The fourth-order valence-electron chi connectivity index (χ4n) is 3.67. The Kier molecular flexibility index (Phi) is 8.60. The minimum Gasteiger partial charge on any atom is -0.497 e. The first-order valence-electron chi connectivity index (χ1n) is 11.7. The summed E-state index contributed by atoms with van der Waals surface area (Å²) in [4.78, 5) is 14.5. The number of nitrogens with one attached hydrogen (secondary N) is 2. The van der Waals surface area contributed by atoms with Gasteiger partial charge in [-0.1, -0.05) is 48.0 Å². The molecule has 9 heteroatoms. The number of hydrogen-bond donors (Lipinski definition) is 2. The summed E-state index contributed by atoms with van der Waals surface area (Å²) >= 11 is 1.36. The van der Waals surface area contributed by atoms with Crippen molar-refractivity contribution in [1.29, 1.82) is 0 Å². The Hall–Kier alpha value is -3.95. The molecule has 2 N–H and O–H groups in total. The lowest BCUT2D eigenvalue weighted by molar-refractivity contribution is -0.115. The van der Waals surface area contributed by atoms with Crippen LogP contribution in [0.5, 0.6) is 11.5 Å². The van der Waals surface area contributed by atoms with Gasteiger partial charge in [0.15, 0.2) is 0 Å². The van der Waals surface area contributed by atoms with Crippen molar-refractivity contribution in [2.45, 2.75) is 22.0 Å². The molecule has 0 aliphatic carbocycles. The smallest absolute Gasteiger partial charge is 0.261 e. The molecule has 4 aromatic carbocycles. The Bertz CT molecular complexity index is 1490. The van der Waals surface area contributed by atoms with E-state index in [1.165, 1.54) is 18.9 Å². The maximum Gasteiger partial charge on any atom is 0.261 e. The molecule has 196 valence electrons. The summed E-state index contributed by atoms with van der Waals surface area (Å²) in [6.07, 6.45) is 0. The van der Waals surface area contributed by atoms with E-state index in [9.17, 15) is 13.2 Å². The molecule has 0 aliphatic rings. The molecule has 0 bridgehead atoms. The van der Waals surface area contributed by atoms with Gasteiger partial charge in [0.1, 0.15) is 16.7 Å². The highest BCUT2D eigenvalue weighted by Gasteiger charge is 2.23. The number of carbonyl (C=O) groups is 1. The zero-order chi connectivity index (χ0) is 27.1. The van der Waals surface area contributed by atoms with Crippen LogP contribution in [0.1, 0.15) is 16.4 Å². The van der Waals surface area contributed by atoms with Crippen molar-refractivity contribution in [3.05, 3.63) is 108 Å². The number of ether oxygens (including phenoxy) is 2. The van der Waals surface area contributed by atoms with Crippen LogP contribution in [0, 0.1) is 6.92 Å². The summed E-state index contributed by atoms with van der Waals surface area (Å²) in [6, 6.07) is 28.2. The maximum absolute atomic E-state index is 13.5. The molecule has 0 radical (unpaired) electrons. The fourth-order valence-corrected chi connectivity index (χ4v) is 5.75.